The lowest BCUT2D eigenvalue weighted by atomic mass is 9.88. The highest BCUT2D eigenvalue weighted by atomic mass is 79.9. The molecule has 86 valence electrons. The third-order valence-electron chi connectivity index (χ3n) is 2.27. The molecule has 0 aliphatic heterocycles. The van der Waals surface area contributed by atoms with Gasteiger partial charge in [-0.2, -0.15) is 0 Å². The standard InChI is InChI=1S/C10H11BrN2O3/c11-7-1-2-8(6(3-7)4-12)10(13,5-14)9(15)16/h1-3,5H,4,12-13H2,(H,15,16). The summed E-state index contributed by atoms with van der Waals surface area (Å²) in [6, 6.07) is 4.74. The van der Waals surface area contributed by atoms with E-state index in [1.807, 2.05) is 0 Å². The molecule has 0 aliphatic carbocycles. The molecule has 0 spiro atoms. The van der Waals surface area contributed by atoms with Crippen molar-refractivity contribution in [1.82, 2.24) is 0 Å². The minimum atomic E-state index is -2.05. The van der Waals surface area contributed by atoms with Crippen LogP contribution in [0.5, 0.6) is 0 Å². The highest BCUT2D eigenvalue weighted by Crippen LogP contribution is 2.24. The lowest BCUT2D eigenvalue weighted by Gasteiger charge is -2.21. The molecule has 0 saturated heterocycles. The fourth-order valence-corrected chi connectivity index (χ4v) is 1.77. The number of hydrogen-bond acceptors (Lipinski definition) is 4. The number of carboxylic acid groups (broad SMARTS) is 1. The molecule has 6 heteroatoms. The molecule has 0 amide bonds. The Bertz CT molecular complexity index is 436. The summed E-state index contributed by atoms with van der Waals surface area (Å²) < 4.78 is 0.746. The Labute approximate surface area is 101 Å². The largest absolute Gasteiger partial charge is 0.479 e. The van der Waals surface area contributed by atoms with Gasteiger partial charge < -0.3 is 21.4 Å². The average molecular weight is 287 g/mol. The zero-order valence-electron chi connectivity index (χ0n) is 8.31. The van der Waals surface area contributed by atoms with E-state index >= 15 is 0 Å². The van der Waals surface area contributed by atoms with Crippen molar-refractivity contribution in [3.05, 3.63) is 33.8 Å². The molecular weight excluding hydrogens is 276 g/mol. The van der Waals surface area contributed by atoms with Crippen molar-refractivity contribution < 1.29 is 14.7 Å². The number of rotatable bonds is 4. The van der Waals surface area contributed by atoms with E-state index in [1.54, 1.807) is 12.1 Å². The average Bonchev–Trinajstić information content (AvgIpc) is 2.27. The Balaban J connectivity index is 3.41. The van der Waals surface area contributed by atoms with Crippen LogP contribution < -0.4 is 11.5 Å². The number of aliphatic carboxylic acids is 1. The molecule has 1 atom stereocenters. The number of hydrogen-bond donors (Lipinski definition) is 3. The van der Waals surface area contributed by atoms with E-state index in [9.17, 15) is 9.59 Å². The van der Waals surface area contributed by atoms with E-state index in [0.29, 0.717) is 5.56 Å². The predicted octanol–water partition coefficient (Wildman–Crippen LogP) is 0.345. The lowest BCUT2D eigenvalue weighted by Crippen LogP contribution is -2.47. The van der Waals surface area contributed by atoms with Crippen molar-refractivity contribution in [2.24, 2.45) is 11.5 Å². The van der Waals surface area contributed by atoms with Gasteiger partial charge in [0.15, 0.2) is 11.8 Å². The van der Waals surface area contributed by atoms with E-state index in [4.69, 9.17) is 16.6 Å². The van der Waals surface area contributed by atoms with E-state index in [-0.39, 0.29) is 18.4 Å². The first-order valence-corrected chi connectivity index (χ1v) is 5.22. The van der Waals surface area contributed by atoms with Gasteiger partial charge in [0.05, 0.1) is 0 Å². The van der Waals surface area contributed by atoms with E-state index in [2.05, 4.69) is 15.9 Å². The first kappa shape index (κ1) is 12.8. The van der Waals surface area contributed by atoms with Crippen LogP contribution >= 0.6 is 15.9 Å². The molecular formula is C10H11BrN2O3. The van der Waals surface area contributed by atoms with Crippen molar-refractivity contribution in [2.75, 3.05) is 0 Å². The van der Waals surface area contributed by atoms with Crippen LogP contribution in [-0.4, -0.2) is 17.4 Å². The minimum Gasteiger partial charge on any atom is -0.479 e. The molecule has 0 heterocycles. The second-order valence-corrected chi connectivity index (χ2v) is 4.21. The van der Waals surface area contributed by atoms with Gasteiger partial charge >= 0.3 is 5.97 Å². The van der Waals surface area contributed by atoms with Crippen LogP contribution in [0.4, 0.5) is 0 Å². The molecule has 16 heavy (non-hydrogen) atoms. The maximum absolute atomic E-state index is 11.0. The van der Waals surface area contributed by atoms with Gasteiger partial charge in [-0.1, -0.05) is 22.0 Å². The molecule has 5 N–H and O–H groups in total. The topological polar surface area (TPSA) is 106 Å². The molecule has 0 aromatic heterocycles. The van der Waals surface area contributed by atoms with Gasteiger partial charge in [-0.15, -0.1) is 0 Å². The highest BCUT2D eigenvalue weighted by molar-refractivity contribution is 9.10. The molecule has 5 nitrogen and oxygen atoms in total. The fraction of sp³-hybridized carbons (Fsp3) is 0.200. The number of aldehydes is 1. The monoisotopic (exact) mass is 286 g/mol. The van der Waals surface area contributed by atoms with Crippen molar-refractivity contribution >= 4 is 28.2 Å². The maximum Gasteiger partial charge on any atom is 0.335 e. The van der Waals surface area contributed by atoms with Crippen LogP contribution in [0.15, 0.2) is 22.7 Å². The fourth-order valence-electron chi connectivity index (χ4n) is 1.36. The van der Waals surface area contributed by atoms with E-state index in [1.165, 1.54) is 6.07 Å². The third-order valence-corrected chi connectivity index (χ3v) is 2.77. The summed E-state index contributed by atoms with van der Waals surface area (Å²) in [5.74, 6) is -1.40. The van der Waals surface area contributed by atoms with Crippen LogP contribution in [0.3, 0.4) is 0 Å². The number of benzene rings is 1. The van der Waals surface area contributed by atoms with Crippen molar-refractivity contribution in [3.8, 4) is 0 Å². The Morgan fingerprint density at radius 1 is 1.56 bits per heavy atom. The van der Waals surface area contributed by atoms with Crippen molar-refractivity contribution in [3.63, 3.8) is 0 Å². The Morgan fingerprint density at radius 3 is 2.62 bits per heavy atom. The van der Waals surface area contributed by atoms with Crippen LogP contribution in [-0.2, 0) is 21.7 Å². The highest BCUT2D eigenvalue weighted by Gasteiger charge is 2.37. The van der Waals surface area contributed by atoms with E-state index < -0.39 is 11.5 Å². The summed E-state index contributed by atoms with van der Waals surface area (Å²) in [7, 11) is 0. The third kappa shape index (κ3) is 2.13. The molecule has 0 aliphatic rings. The number of nitrogens with two attached hydrogens (primary N) is 2. The second-order valence-electron chi connectivity index (χ2n) is 3.30. The van der Waals surface area contributed by atoms with Gasteiger partial charge in [-0.3, -0.25) is 0 Å². The molecule has 0 radical (unpaired) electrons. The molecule has 0 saturated carbocycles. The smallest absolute Gasteiger partial charge is 0.335 e. The lowest BCUT2D eigenvalue weighted by molar-refractivity contribution is -0.145. The molecule has 1 unspecified atom stereocenters. The summed E-state index contributed by atoms with van der Waals surface area (Å²) in [5.41, 5.74) is 9.72. The number of halogens is 1. The van der Waals surface area contributed by atoms with Gasteiger partial charge in [0.25, 0.3) is 0 Å². The Kier molecular flexibility index (Phi) is 3.79. The summed E-state index contributed by atoms with van der Waals surface area (Å²) in [6.45, 7) is 0.106. The maximum atomic E-state index is 11.0. The van der Waals surface area contributed by atoms with Crippen LogP contribution in [0.1, 0.15) is 11.1 Å². The normalized spacial score (nSPS) is 14.2. The van der Waals surface area contributed by atoms with Crippen LogP contribution in [0, 0.1) is 0 Å². The molecule has 1 aromatic carbocycles. The van der Waals surface area contributed by atoms with Crippen molar-refractivity contribution in [1.29, 1.82) is 0 Å². The van der Waals surface area contributed by atoms with Gasteiger partial charge in [-0.05, 0) is 23.3 Å². The van der Waals surface area contributed by atoms with Crippen LogP contribution in [0.2, 0.25) is 0 Å². The second kappa shape index (κ2) is 4.73. The molecule has 0 fully saturated rings. The number of carboxylic acids is 1. The SMILES string of the molecule is NCc1cc(Br)ccc1C(N)(C=O)C(=O)O. The quantitative estimate of drug-likeness (QED) is 0.547. The molecule has 1 rings (SSSR count). The summed E-state index contributed by atoms with van der Waals surface area (Å²) >= 11 is 3.23. The number of carbonyl (C=O) groups is 2. The Hall–Kier alpha value is -1.24. The first-order chi connectivity index (χ1) is 7.45. The van der Waals surface area contributed by atoms with Gasteiger partial charge in [0.1, 0.15) is 0 Å². The van der Waals surface area contributed by atoms with E-state index in [0.717, 1.165) is 4.47 Å². The number of carbonyl (C=O) groups excluding carboxylic acids is 1. The summed E-state index contributed by atoms with van der Waals surface area (Å²) in [5, 5.41) is 8.97. The minimum absolute atomic E-state index is 0.106. The summed E-state index contributed by atoms with van der Waals surface area (Å²) in [4.78, 5) is 21.9. The predicted molar refractivity (Wildman–Crippen MR) is 61.6 cm³/mol. The van der Waals surface area contributed by atoms with Gasteiger partial charge in [-0.25, -0.2) is 4.79 Å². The Morgan fingerprint density at radius 2 is 2.19 bits per heavy atom. The molecule has 0 bridgehead atoms. The van der Waals surface area contributed by atoms with Crippen LogP contribution in [0.25, 0.3) is 0 Å². The molecule has 1 aromatic rings. The zero-order valence-corrected chi connectivity index (χ0v) is 9.90. The summed E-state index contributed by atoms with van der Waals surface area (Å²) in [6.07, 6.45) is 0.206. The first-order valence-electron chi connectivity index (χ1n) is 4.43. The zero-order chi connectivity index (χ0) is 12.3. The van der Waals surface area contributed by atoms with Gasteiger partial charge in [0.2, 0.25) is 0 Å². The van der Waals surface area contributed by atoms with Crippen molar-refractivity contribution in [2.45, 2.75) is 12.1 Å². The van der Waals surface area contributed by atoms with Gasteiger partial charge in [0, 0.05) is 11.0 Å².